The molecule has 1 aliphatic heterocycles. The molecule has 1 N–H and O–H groups in total. The summed E-state index contributed by atoms with van der Waals surface area (Å²) < 4.78 is 10.9. The topological polar surface area (TPSA) is 63.3 Å². The van der Waals surface area contributed by atoms with Crippen molar-refractivity contribution >= 4 is 11.0 Å². The van der Waals surface area contributed by atoms with Crippen LogP contribution in [0.3, 0.4) is 0 Å². The summed E-state index contributed by atoms with van der Waals surface area (Å²) in [6, 6.07) is 8.42. The molecule has 0 aliphatic carbocycles. The molecule has 0 amide bonds. The Kier molecular flexibility index (Phi) is 4.51. The number of hydrogen-bond donors (Lipinski definition) is 1. The van der Waals surface area contributed by atoms with Crippen LogP contribution in [0.5, 0.6) is 11.5 Å². The van der Waals surface area contributed by atoms with Crippen molar-refractivity contribution in [3.63, 3.8) is 0 Å². The van der Waals surface area contributed by atoms with Crippen molar-refractivity contribution in [2.75, 3.05) is 20.8 Å². The van der Waals surface area contributed by atoms with Gasteiger partial charge in [0.05, 0.1) is 31.3 Å². The Labute approximate surface area is 153 Å². The number of rotatable bonds is 5. The van der Waals surface area contributed by atoms with E-state index in [2.05, 4.69) is 40.0 Å². The molecule has 0 bridgehead atoms. The summed E-state index contributed by atoms with van der Waals surface area (Å²) in [5.41, 5.74) is 4.26. The predicted octanol–water partition coefficient (Wildman–Crippen LogP) is 3.62. The molecule has 6 nitrogen and oxygen atoms in total. The minimum absolute atomic E-state index is 0.264. The Bertz CT molecular complexity index is 921. The van der Waals surface area contributed by atoms with E-state index in [4.69, 9.17) is 14.5 Å². The van der Waals surface area contributed by atoms with Gasteiger partial charge in [0.1, 0.15) is 11.5 Å². The third kappa shape index (κ3) is 3.01. The van der Waals surface area contributed by atoms with Gasteiger partial charge in [-0.2, -0.15) is 0 Å². The molecule has 1 aromatic carbocycles. The smallest absolute Gasteiger partial charge is 0.183 e. The number of nitrogens with one attached hydrogen (secondary N) is 1. The zero-order chi connectivity index (χ0) is 18.1. The van der Waals surface area contributed by atoms with Crippen molar-refractivity contribution in [2.24, 2.45) is 0 Å². The molecule has 1 unspecified atom stereocenters. The van der Waals surface area contributed by atoms with Gasteiger partial charge in [-0.05, 0) is 44.0 Å². The van der Waals surface area contributed by atoms with Gasteiger partial charge in [0, 0.05) is 18.8 Å². The minimum Gasteiger partial charge on any atom is -0.493 e. The van der Waals surface area contributed by atoms with Crippen LogP contribution in [-0.4, -0.2) is 40.6 Å². The molecule has 0 spiro atoms. The standard InChI is InChI=1S/C20H24N4O2/c1-13-6-7-14-15(11-13)23-20(22-14)17-5-4-10-24(17)12-16-19(26-3)18(25-2)8-9-21-16/h6-9,11,17H,4-5,10,12H2,1-3H3,(H,22,23). The van der Waals surface area contributed by atoms with E-state index in [1.54, 1.807) is 20.4 Å². The first-order chi connectivity index (χ1) is 12.7. The first-order valence-electron chi connectivity index (χ1n) is 8.95. The number of pyridine rings is 1. The fraction of sp³-hybridized carbons (Fsp3) is 0.400. The van der Waals surface area contributed by atoms with Gasteiger partial charge in [-0.25, -0.2) is 4.98 Å². The first-order valence-corrected chi connectivity index (χ1v) is 8.95. The van der Waals surface area contributed by atoms with Gasteiger partial charge in [0.15, 0.2) is 11.5 Å². The number of nitrogens with zero attached hydrogens (tertiary/aromatic N) is 3. The highest BCUT2D eigenvalue weighted by molar-refractivity contribution is 5.75. The second-order valence-corrected chi connectivity index (χ2v) is 6.76. The Morgan fingerprint density at radius 1 is 1.23 bits per heavy atom. The molecule has 4 rings (SSSR count). The Balaban J connectivity index is 1.62. The fourth-order valence-electron chi connectivity index (χ4n) is 3.78. The maximum atomic E-state index is 5.54. The summed E-state index contributed by atoms with van der Waals surface area (Å²) in [6.07, 6.45) is 4.00. The molecule has 1 atom stereocenters. The van der Waals surface area contributed by atoms with Gasteiger partial charge >= 0.3 is 0 Å². The van der Waals surface area contributed by atoms with E-state index >= 15 is 0 Å². The van der Waals surface area contributed by atoms with E-state index in [0.29, 0.717) is 18.0 Å². The average Bonchev–Trinajstić information content (AvgIpc) is 3.27. The summed E-state index contributed by atoms with van der Waals surface area (Å²) in [7, 11) is 3.31. The lowest BCUT2D eigenvalue weighted by Gasteiger charge is -2.23. The van der Waals surface area contributed by atoms with E-state index in [1.807, 2.05) is 6.07 Å². The van der Waals surface area contributed by atoms with Crippen molar-refractivity contribution in [1.29, 1.82) is 0 Å². The molecule has 3 aromatic rings. The molecule has 1 saturated heterocycles. The van der Waals surface area contributed by atoms with Crippen LogP contribution in [0.25, 0.3) is 11.0 Å². The largest absolute Gasteiger partial charge is 0.493 e. The number of aryl methyl sites for hydroxylation is 1. The molecule has 0 saturated carbocycles. The number of benzene rings is 1. The van der Waals surface area contributed by atoms with E-state index in [0.717, 1.165) is 41.9 Å². The molecule has 2 aromatic heterocycles. The van der Waals surface area contributed by atoms with Crippen LogP contribution in [0.4, 0.5) is 0 Å². The fourth-order valence-corrected chi connectivity index (χ4v) is 3.78. The highest BCUT2D eigenvalue weighted by atomic mass is 16.5. The van der Waals surface area contributed by atoms with Gasteiger partial charge in [-0.3, -0.25) is 9.88 Å². The summed E-state index contributed by atoms with van der Waals surface area (Å²) in [4.78, 5) is 15.3. The summed E-state index contributed by atoms with van der Waals surface area (Å²) >= 11 is 0. The number of aromatic amines is 1. The van der Waals surface area contributed by atoms with Crippen molar-refractivity contribution in [1.82, 2.24) is 19.9 Å². The molecular weight excluding hydrogens is 328 g/mol. The SMILES string of the molecule is COc1ccnc(CN2CCCC2c2nc3ccc(C)cc3[nH]2)c1OC. The number of H-pyrrole nitrogens is 1. The quantitative estimate of drug-likeness (QED) is 0.760. The van der Waals surface area contributed by atoms with Gasteiger partial charge in [0.2, 0.25) is 0 Å². The van der Waals surface area contributed by atoms with E-state index in [1.165, 1.54) is 5.56 Å². The molecule has 26 heavy (non-hydrogen) atoms. The molecule has 136 valence electrons. The summed E-state index contributed by atoms with van der Waals surface area (Å²) in [5, 5.41) is 0. The lowest BCUT2D eigenvalue weighted by atomic mass is 10.2. The zero-order valence-electron chi connectivity index (χ0n) is 15.5. The third-order valence-corrected chi connectivity index (χ3v) is 5.05. The highest BCUT2D eigenvalue weighted by Crippen LogP contribution is 2.36. The van der Waals surface area contributed by atoms with E-state index in [9.17, 15) is 0 Å². The van der Waals surface area contributed by atoms with Crippen molar-refractivity contribution in [3.05, 3.63) is 47.5 Å². The van der Waals surface area contributed by atoms with Gasteiger partial charge in [0.25, 0.3) is 0 Å². The number of imidazole rings is 1. The molecular formula is C20H24N4O2. The minimum atomic E-state index is 0.264. The van der Waals surface area contributed by atoms with Crippen LogP contribution in [0.15, 0.2) is 30.5 Å². The Morgan fingerprint density at radius 2 is 2.12 bits per heavy atom. The van der Waals surface area contributed by atoms with E-state index < -0.39 is 0 Å². The summed E-state index contributed by atoms with van der Waals surface area (Å²) in [5.74, 6) is 2.46. The van der Waals surface area contributed by atoms with Crippen molar-refractivity contribution in [2.45, 2.75) is 32.4 Å². The molecule has 1 fully saturated rings. The lowest BCUT2D eigenvalue weighted by Crippen LogP contribution is -2.24. The molecule has 0 radical (unpaired) electrons. The number of likely N-dealkylation sites (tertiary alicyclic amines) is 1. The average molecular weight is 352 g/mol. The van der Waals surface area contributed by atoms with Crippen molar-refractivity contribution < 1.29 is 9.47 Å². The van der Waals surface area contributed by atoms with Crippen LogP contribution in [0.2, 0.25) is 0 Å². The first kappa shape index (κ1) is 16.8. The number of aromatic nitrogens is 3. The maximum Gasteiger partial charge on any atom is 0.183 e. The highest BCUT2D eigenvalue weighted by Gasteiger charge is 2.30. The predicted molar refractivity (Wildman–Crippen MR) is 101 cm³/mol. The van der Waals surface area contributed by atoms with Crippen LogP contribution < -0.4 is 9.47 Å². The lowest BCUT2D eigenvalue weighted by molar-refractivity contribution is 0.232. The molecule has 1 aliphatic rings. The van der Waals surface area contributed by atoms with Crippen LogP contribution in [0.1, 0.15) is 36.0 Å². The van der Waals surface area contributed by atoms with Gasteiger partial charge in [-0.15, -0.1) is 0 Å². The van der Waals surface area contributed by atoms with Crippen LogP contribution >= 0.6 is 0 Å². The van der Waals surface area contributed by atoms with E-state index in [-0.39, 0.29) is 6.04 Å². The summed E-state index contributed by atoms with van der Waals surface area (Å²) in [6.45, 7) is 3.83. The number of fused-ring (bicyclic) bond motifs is 1. The monoisotopic (exact) mass is 352 g/mol. The second kappa shape index (κ2) is 6.96. The Morgan fingerprint density at radius 3 is 2.92 bits per heavy atom. The van der Waals surface area contributed by atoms with Gasteiger partial charge < -0.3 is 14.5 Å². The molecule has 6 heteroatoms. The number of methoxy groups -OCH3 is 2. The Hall–Kier alpha value is -2.60. The van der Waals surface area contributed by atoms with Gasteiger partial charge in [-0.1, -0.05) is 6.07 Å². The second-order valence-electron chi connectivity index (χ2n) is 6.76. The number of ether oxygens (including phenoxy) is 2. The zero-order valence-corrected chi connectivity index (χ0v) is 15.5. The molecule has 3 heterocycles. The van der Waals surface area contributed by atoms with Crippen LogP contribution in [-0.2, 0) is 6.54 Å². The normalized spacial score (nSPS) is 17.7. The van der Waals surface area contributed by atoms with Crippen molar-refractivity contribution in [3.8, 4) is 11.5 Å². The number of hydrogen-bond acceptors (Lipinski definition) is 5. The third-order valence-electron chi connectivity index (χ3n) is 5.05. The maximum absolute atomic E-state index is 5.54. The van der Waals surface area contributed by atoms with Crippen LogP contribution in [0, 0.1) is 6.92 Å².